The third-order valence-corrected chi connectivity index (χ3v) is 4.18. The van der Waals surface area contributed by atoms with E-state index in [1.54, 1.807) is 6.92 Å². The first kappa shape index (κ1) is 16.3. The molecule has 1 N–H and O–H groups in total. The Kier molecular flexibility index (Phi) is 4.69. The first-order chi connectivity index (χ1) is 11.6. The van der Waals surface area contributed by atoms with E-state index in [0.29, 0.717) is 23.6 Å². The van der Waals surface area contributed by atoms with Crippen molar-refractivity contribution in [2.45, 2.75) is 39.7 Å². The fraction of sp³-hybridized carbons (Fsp3) is 0.368. The Hall–Kier alpha value is -2.56. The van der Waals surface area contributed by atoms with Crippen molar-refractivity contribution in [1.82, 2.24) is 15.0 Å². The summed E-state index contributed by atoms with van der Waals surface area (Å²) in [5, 5.41) is 8.14. The zero-order valence-corrected chi connectivity index (χ0v) is 14.4. The highest BCUT2D eigenvalue weighted by Gasteiger charge is 2.22. The van der Waals surface area contributed by atoms with Gasteiger partial charge in [0, 0.05) is 30.7 Å². The SMILES string of the molecule is Cc1noc(C(C)C)c1C(=O)NCCCn1ccc2ccccc21. The summed E-state index contributed by atoms with van der Waals surface area (Å²) in [6.07, 6.45) is 2.96. The van der Waals surface area contributed by atoms with E-state index in [4.69, 9.17) is 4.52 Å². The summed E-state index contributed by atoms with van der Waals surface area (Å²) in [6, 6.07) is 10.4. The monoisotopic (exact) mass is 325 g/mol. The van der Waals surface area contributed by atoms with Crippen LogP contribution in [0.4, 0.5) is 0 Å². The van der Waals surface area contributed by atoms with Crippen molar-refractivity contribution in [3.05, 3.63) is 53.5 Å². The Morgan fingerprint density at radius 1 is 1.29 bits per heavy atom. The van der Waals surface area contributed by atoms with Gasteiger partial charge in [0.05, 0.1) is 5.69 Å². The van der Waals surface area contributed by atoms with Crippen LogP contribution in [0.2, 0.25) is 0 Å². The molecule has 3 aromatic rings. The lowest BCUT2D eigenvalue weighted by Gasteiger charge is -2.08. The first-order valence-electron chi connectivity index (χ1n) is 8.36. The fourth-order valence-electron chi connectivity index (χ4n) is 2.93. The maximum absolute atomic E-state index is 12.4. The summed E-state index contributed by atoms with van der Waals surface area (Å²) >= 11 is 0. The maximum atomic E-state index is 12.4. The van der Waals surface area contributed by atoms with E-state index in [2.05, 4.69) is 39.4 Å². The van der Waals surface area contributed by atoms with Gasteiger partial charge in [-0.05, 0) is 30.9 Å². The van der Waals surface area contributed by atoms with E-state index in [1.807, 2.05) is 26.0 Å². The van der Waals surface area contributed by atoms with Crippen molar-refractivity contribution < 1.29 is 9.32 Å². The number of aromatic nitrogens is 2. The van der Waals surface area contributed by atoms with Gasteiger partial charge in [-0.3, -0.25) is 4.79 Å². The zero-order chi connectivity index (χ0) is 17.1. The Labute approximate surface area is 141 Å². The van der Waals surface area contributed by atoms with Crippen LogP contribution in [0.25, 0.3) is 10.9 Å². The molecule has 5 nitrogen and oxygen atoms in total. The number of carbonyl (C=O) groups excluding carboxylic acids is 1. The van der Waals surface area contributed by atoms with Crippen molar-refractivity contribution in [3.63, 3.8) is 0 Å². The molecular formula is C19H23N3O2. The van der Waals surface area contributed by atoms with Crippen LogP contribution < -0.4 is 5.32 Å². The Bertz CT molecular complexity index is 845. The van der Waals surface area contributed by atoms with Gasteiger partial charge < -0.3 is 14.4 Å². The minimum atomic E-state index is -0.102. The summed E-state index contributed by atoms with van der Waals surface area (Å²) in [5.74, 6) is 0.689. The zero-order valence-electron chi connectivity index (χ0n) is 14.4. The topological polar surface area (TPSA) is 60.1 Å². The number of hydrogen-bond acceptors (Lipinski definition) is 3. The van der Waals surface area contributed by atoms with Crippen LogP contribution in [0.5, 0.6) is 0 Å². The molecule has 1 amide bonds. The van der Waals surface area contributed by atoms with Crippen molar-refractivity contribution in [3.8, 4) is 0 Å². The van der Waals surface area contributed by atoms with E-state index in [1.165, 1.54) is 10.9 Å². The molecule has 0 aliphatic rings. The normalized spacial score (nSPS) is 11.3. The third-order valence-electron chi connectivity index (χ3n) is 4.18. The lowest BCUT2D eigenvalue weighted by atomic mass is 10.0. The van der Waals surface area contributed by atoms with Gasteiger partial charge in [0.25, 0.3) is 5.91 Å². The van der Waals surface area contributed by atoms with Crippen LogP contribution >= 0.6 is 0 Å². The Morgan fingerprint density at radius 3 is 2.88 bits per heavy atom. The molecule has 0 bridgehead atoms. The van der Waals surface area contributed by atoms with Crippen molar-refractivity contribution >= 4 is 16.8 Å². The van der Waals surface area contributed by atoms with Gasteiger partial charge in [0.15, 0.2) is 5.76 Å². The second-order valence-corrected chi connectivity index (χ2v) is 6.34. The molecule has 1 aromatic carbocycles. The van der Waals surface area contributed by atoms with Crippen LogP contribution in [0.1, 0.15) is 48.0 Å². The van der Waals surface area contributed by atoms with E-state index in [-0.39, 0.29) is 11.8 Å². The fourth-order valence-corrected chi connectivity index (χ4v) is 2.93. The van der Waals surface area contributed by atoms with Crippen LogP contribution in [-0.2, 0) is 6.54 Å². The number of fused-ring (bicyclic) bond motifs is 1. The molecular weight excluding hydrogens is 302 g/mol. The van der Waals surface area contributed by atoms with Gasteiger partial charge in [0.1, 0.15) is 5.56 Å². The van der Waals surface area contributed by atoms with E-state index in [9.17, 15) is 4.79 Å². The van der Waals surface area contributed by atoms with Crippen molar-refractivity contribution in [1.29, 1.82) is 0 Å². The van der Waals surface area contributed by atoms with Gasteiger partial charge in [-0.1, -0.05) is 37.2 Å². The van der Waals surface area contributed by atoms with Gasteiger partial charge in [-0.25, -0.2) is 0 Å². The molecule has 5 heteroatoms. The quantitative estimate of drug-likeness (QED) is 0.700. The largest absolute Gasteiger partial charge is 0.360 e. The molecule has 0 saturated carbocycles. The molecule has 2 heterocycles. The number of para-hydroxylation sites is 1. The van der Waals surface area contributed by atoms with Crippen LogP contribution in [0, 0.1) is 6.92 Å². The molecule has 0 aliphatic heterocycles. The summed E-state index contributed by atoms with van der Waals surface area (Å²) in [4.78, 5) is 12.4. The third kappa shape index (κ3) is 3.20. The number of amides is 1. The first-order valence-corrected chi connectivity index (χ1v) is 8.36. The molecule has 2 aromatic heterocycles. The summed E-state index contributed by atoms with van der Waals surface area (Å²) in [5.41, 5.74) is 2.45. The van der Waals surface area contributed by atoms with Gasteiger partial charge in [-0.2, -0.15) is 0 Å². The summed E-state index contributed by atoms with van der Waals surface area (Å²) < 4.78 is 7.49. The predicted molar refractivity (Wildman–Crippen MR) is 94.2 cm³/mol. The van der Waals surface area contributed by atoms with Gasteiger partial charge in [0.2, 0.25) is 0 Å². The highest BCUT2D eigenvalue weighted by Crippen LogP contribution is 2.22. The molecule has 3 rings (SSSR count). The van der Waals surface area contributed by atoms with Crippen LogP contribution in [0.15, 0.2) is 41.1 Å². The predicted octanol–water partition coefficient (Wildman–Crippen LogP) is 3.88. The molecule has 0 radical (unpaired) electrons. The number of carbonyl (C=O) groups is 1. The molecule has 0 saturated heterocycles. The lowest BCUT2D eigenvalue weighted by molar-refractivity contribution is 0.0949. The Morgan fingerprint density at radius 2 is 2.08 bits per heavy atom. The van der Waals surface area contributed by atoms with Crippen molar-refractivity contribution in [2.24, 2.45) is 0 Å². The highest BCUT2D eigenvalue weighted by molar-refractivity contribution is 5.96. The molecule has 0 spiro atoms. The highest BCUT2D eigenvalue weighted by atomic mass is 16.5. The van der Waals surface area contributed by atoms with Gasteiger partial charge in [-0.15, -0.1) is 0 Å². The maximum Gasteiger partial charge on any atom is 0.256 e. The molecule has 0 atom stereocenters. The average molecular weight is 325 g/mol. The smallest absolute Gasteiger partial charge is 0.256 e. The lowest BCUT2D eigenvalue weighted by Crippen LogP contribution is -2.26. The minimum absolute atomic E-state index is 0.102. The van der Waals surface area contributed by atoms with E-state index in [0.717, 1.165) is 13.0 Å². The second-order valence-electron chi connectivity index (χ2n) is 6.34. The summed E-state index contributed by atoms with van der Waals surface area (Å²) in [7, 11) is 0. The number of rotatable bonds is 6. The summed E-state index contributed by atoms with van der Waals surface area (Å²) in [6.45, 7) is 7.28. The number of hydrogen-bond donors (Lipinski definition) is 1. The van der Waals surface area contributed by atoms with Crippen LogP contribution in [0.3, 0.4) is 0 Å². The van der Waals surface area contributed by atoms with E-state index < -0.39 is 0 Å². The average Bonchev–Trinajstić information content (AvgIpc) is 3.15. The number of nitrogens with one attached hydrogen (secondary N) is 1. The number of nitrogens with zero attached hydrogens (tertiary/aromatic N) is 2. The minimum Gasteiger partial charge on any atom is -0.360 e. The molecule has 126 valence electrons. The van der Waals surface area contributed by atoms with Crippen molar-refractivity contribution in [2.75, 3.05) is 6.54 Å². The van der Waals surface area contributed by atoms with E-state index >= 15 is 0 Å². The van der Waals surface area contributed by atoms with Gasteiger partial charge >= 0.3 is 0 Å². The molecule has 0 unspecified atom stereocenters. The molecule has 0 aliphatic carbocycles. The molecule has 0 fully saturated rings. The van der Waals surface area contributed by atoms with Crippen LogP contribution in [-0.4, -0.2) is 22.2 Å². The number of benzene rings is 1. The molecule has 24 heavy (non-hydrogen) atoms. The number of aryl methyl sites for hydroxylation is 2. The second kappa shape index (κ2) is 6.91. The Balaban J connectivity index is 1.57. The standard InChI is InChI=1S/C19H23N3O2/c1-13(2)18-17(14(3)21-24-18)19(23)20-10-6-11-22-12-9-15-7-4-5-8-16(15)22/h4-5,7-9,12-13H,6,10-11H2,1-3H3,(H,20,23).